The monoisotopic (exact) mass is 396 g/mol. The number of carbonyl (C=O) groups excluding carboxylic acids is 1. The van der Waals surface area contributed by atoms with Crippen molar-refractivity contribution in [2.24, 2.45) is 0 Å². The molecular weight excluding hydrogens is 364 g/mol. The van der Waals surface area contributed by atoms with E-state index in [2.05, 4.69) is 76.2 Å². The van der Waals surface area contributed by atoms with Gasteiger partial charge in [-0.25, -0.2) is 4.79 Å². The molecule has 0 aliphatic heterocycles. The zero-order valence-corrected chi connectivity index (χ0v) is 18.6. The highest BCUT2D eigenvalue weighted by Gasteiger charge is 2.50. The molecule has 0 aliphatic rings. The van der Waals surface area contributed by atoms with Crippen LogP contribution in [0.1, 0.15) is 41.0 Å². The van der Waals surface area contributed by atoms with Crippen LogP contribution < -0.4 is 10.4 Å². The Kier molecular flexibility index (Phi) is 7.78. The molecule has 1 atom stereocenters. The van der Waals surface area contributed by atoms with Gasteiger partial charge < -0.3 is 9.16 Å². The van der Waals surface area contributed by atoms with E-state index >= 15 is 0 Å². The zero-order valence-electron chi connectivity index (χ0n) is 17.6. The van der Waals surface area contributed by atoms with Gasteiger partial charge in [-0.1, -0.05) is 87.5 Å². The summed E-state index contributed by atoms with van der Waals surface area (Å²) in [5.74, 6) is -0.305. The van der Waals surface area contributed by atoms with Crippen molar-refractivity contribution < 1.29 is 14.0 Å². The van der Waals surface area contributed by atoms with Crippen LogP contribution in [0.2, 0.25) is 5.04 Å². The van der Waals surface area contributed by atoms with Crippen molar-refractivity contribution in [3.63, 3.8) is 0 Å². The second kappa shape index (κ2) is 9.85. The Bertz CT molecular complexity index is 724. The average molecular weight is 397 g/mol. The molecule has 28 heavy (non-hydrogen) atoms. The summed E-state index contributed by atoms with van der Waals surface area (Å²) in [6, 6.07) is 21.2. The van der Waals surface area contributed by atoms with Crippen molar-refractivity contribution in [2.75, 3.05) is 6.61 Å². The second-order valence-corrected chi connectivity index (χ2v) is 12.2. The van der Waals surface area contributed by atoms with Gasteiger partial charge in [-0.2, -0.15) is 0 Å². The Morgan fingerprint density at radius 1 is 1.00 bits per heavy atom. The van der Waals surface area contributed by atoms with Crippen molar-refractivity contribution in [3.8, 4) is 0 Å². The first-order valence-corrected chi connectivity index (χ1v) is 11.8. The van der Waals surface area contributed by atoms with Crippen LogP contribution in [0.5, 0.6) is 0 Å². The topological polar surface area (TPSA) is 35.5 Å². The number of rotatable bonds is 8. The van der Waals surface area contributed by atoms with Crippen molar-refractivity contribution in [2.45, 2.75) is 52.2 Å². The van der Waals surface area contributed by atoms with Gasteiger partial charge in [0.05, 0.1) is 6.61 Å². The maximum atomic E-state index is 11.6. The van der Waals surface area contributed by atoms with Gasteiger partial charge in [0.1, 0.15) is 0 Å². The second-order valence-electron chi connectivity index (χ2n) is 7.98. The van der Waals surface area contributed by atoms with Crippen molar-refractivity contribution in [1.29, 1.82) is 0 Å². The van der Waals surface area contributed by atoms with Gasteiger partial charge in [0.2, 0.25) is 0 Å². The molecule has 0 spiro atoms. The van der Waals surface area contributed by atoms with E-state index in [0.29, 0.717) is 13.0 Å². The summed E-state index contributed by atoms with van der Waals surface area (Å²) in [7, 11) is -2.55. The summed E-state index contributed by atoms with van der Waals surface area (Å²) in [6.07, 6.45) is 3.97. The lowest BCUT2D eigenvalue weighted by atomic mass is 10.2. The van der Waals surface area contributed by atoms with Gasteiger partial charge in [0, 0.05) is 12.2 Å². The van der Waals surface area contributed by atoms with E-state index in [1.165, 1.54) is 16.4 Å². The van der Waals surface area contributed by atoms with Crippen LogP contribution in [0.25, 0.3) is 0 Å². The minimum Gasteiger partial charge on any atom is -0.463 e. The first kappa shape index (κ1) is 22.1. The smallest absolute Gasteiger partial charge is 0.330 e. The third-order valence-electron chi connectivity index (χ3n) is 4.80. The molecular formula is C24H32O3Si. The molecule has 2 rings (SSSR count). The van der Waals surface area contributed by atoms with Crippen molar-refractivity contribution in [3.05, 3.63) is 72.8 Å². The maximum Gasteiger partial charge on any atom is 0.330 e. The molecule has 0 heterocycles. The molecule has 150 valence electrons. The summed E-state index contributed by atoms with van der Waals surface area (Å²) in [6.45, 7) is 11.1. The Morgan fingerprint density at radius 3 is 1.93 bits per heavy atom. The number of ether oxygens (including phenoxy) is 1. The van der Waals surface area contributed by atoms with Gasteiger partial charge in [0.25, 0.3) is 8.32 Å². The fourth-order valence-electron chi connectivity index (χ4n) is 3.59. The number of hydrogen-bond donors (Lipinski definition) is 0. The molecule has 3 nitrogen and oxygen atoms in total. The van der Waals surface area contributed by atoms with Gasteiger partial charge in [-0.05, 0) is 35.7 Å². The van der Waals surface area contributed by atoms with Gasteiger partial charge in [0.15, 0.2) is 0 Å². The molecule has 0 unspecified atom stereocenters. The Labute approximate surface area is 170 Å². The van der Waals surface area contributed by atoms with E-state index in [9.17, 15) is 4.79 Å². The summed E-state index contributed by atoms with van der Waals surface area (Å²) in [5.41, 5.74) is 0. The molecule has 0 bridgehead atoms. The molecule has 2 aromatic rings. The minimum absolute atomic E-state index is 0.0306. The summed E-state index contributed by atoms with van der Waals surface area (Å²) >= 11 is 0. The molecule has 0 aromatic heterocycles. The number of benzene rings is 2. The van der Waals surface area contributed by atoms with Gasteiger partial charge in [-0.3, -0.25) is 0 Å². The standard InChI is InChI=1S/C24H32O3Si/c1-6-26-23(25)19-13-14-20(2)27-28(24(3,4)5,21-15-9-7-10-16-21)22-17-11-8-12-18-22/h7-13,15-20H,6,14H2,1-5H3/b19-13+/t20-/m1/s1. The van der Waals surface area contributed by atoms with Gasteiger partial charge >= 0.3 is 5.97 Å². The molecule has 4 heteroatoms. The largest absolute Gasteiger partial charge is 0.463 e. The van der Waals surface area contributed by atoms with E-state index in [0.717, 1.165) is 0 Å². The van der Waals surface area contributed by atoms with Crippen LogP contribution in [-0.4, -0.2) is 27.0 Å². The SMILES string of the molecule is CCOC(=O)/C=C/C[C@@H](C)O[Si](c1ccccc1)(c1ccccc1)C(C)(C)C. The van der Waals surface area contributed by atoms with E-state index in [-0.39, 0.29) is 17.1 Å². The molecule has 0 N–H and O–H groups in total. The minimum atomic E-state index is -2.55. The van der Waals surface area contributed by atoms with Crippen LogP contribution in [0.3, 0.4) is 0 Å². The van der Waals surface area contributed by atoms with Crippen LogP contribution in [-0.2, 0) is 14.0 Å². The van der Waals surface area contributed by atoms with Crippen LogP contribution in [0, 0.1) is 0 Å². The van der Waals surface area contributed by atoms with E-state index in [1.807, 2.05) is 18.2 Å². The molecule has 0 saturated carbocycles. The van der Waals surface area contributed by atoms with Crippen molar-refractivity contribution in [1.82, 2.24) is 0 Å². The molecule has 2 aromatic carbocycles. The third-order valence-corrected chi connectivity index (χ3v) is 9.96. The lowest BCUT2D eigenvalue weighted by molar-refractivity contribution is -0.137. The quantitative estimate of drug-likeness (QED) is 0.375. The highest BCUT2D eigenvalue weighted by molar-refractivity contribution is 6.99. The normalized spacial score (nSPS) is 13.5. The molecule has 0 amide bonds. The lowest BCUT2D eigenvalue weighted by Crippen LogP contribution is -2.67. The molecule has 0 fully saturated rings. The predicted molar refractivity (Wildman–Crippen MR) is 119 cm³/mol. The molecule has 0 saturated heterocycles. The fourth-order valence-corrected chi connectivity index (χ4v) is 8.30. The summed E-state index contributed by atoms with van der Waals surface area (Å²) in [4.78, 5) is 11.6. The van der Waals surface area contributed by atoms with Crippen LogP contribution in [0.4, 0.5) is 0 Å². The Hall–Kier alpha value is -2.17. The van der Waals surface area contributed by atoms with Crippen molar-refractivity contribution >= 4 is 24.7 Å². The number of carbonyl (C=O) groups is 1. The average Bonchev–Trinajstić information content (AvgIpc) is 2.67. The Morgan fingerprint density at radius 2 is 1.50 bits per heavy atom. The van der Waals surface area contributed by atoms with Gasteiger partial charge in [-0.15, -0.1) is 0 Å². The lowest BCUT2D eigenvalue weighted by Gasteiger charge is -2.44. The number of esters is 1. The third kappa shape index (κ3) is 5.21. The molecule has 0 radical (unpaired) electrons. The highest BCUT2D eigenvalue weighted by Crippen LogP contribution is 2.37. The highest BCUT2D eigenvalue weighted by atomic mass is 28.4. The number of hydrogen-bond acceptors (Lipinski definition) is 3. The molecule has 0 aliphatic carbocycles. The van der Waals surface area contributed by atoms with Crippen LogP contribution >= 0.6 is 0 Å². The fraction of sp³-hybridized carbons (Fsp3) is 0.375. The predicted octanol–water partition coefficient (Wildman–Crippen LogP) is 4.46. The van der Waals surface area contributed by atoms with Crippen LogP contribution in [0.15, 0.2) is 72.8 Å². The maximum absolute atomic E-state index is 11.6. The Balaban J connectivity index is 2.40. The van der Waals surface area contributed by atoms with E-state index in [1.54, 1.807) is 6.92 Å². The summed E-state index contributed by atoms with van der Waals surface area (Å²) in [5, 5.41) is 2.46. The first-order valence-electron chi connectivity index (χ1n) is 9.93. The van der Waals surface area contributed by atoms with E-state index in [4.69, 9.17) is 9.16 Å². The first-order chi connectivity index (χ1) is 13.3. The van der Waals surface area contributed by atoms with E-state index < -0.39 is 8.32 Å². The summed E-state index contributed by atoms with van der Waals surface area (Å²) < 4.78 is 11.9. The zero-order chi connectivity index (χ0) is 20.6.